The smallest absolute Gasteiger partial charge is 0.217 e. The van der Waals surface area contributed by atoms with Crippen LogP contribution in [0.25, 0.3) is 0 Å². The molecule has 88 valence electrons. The lowest BCUT2D eigenvalue weighted by molar-refractivity contribution is -0.119. The van der Waals surface area contributed by atoms with E-state index in [0.29, 0.717) is 18.3 Å². The minimum atomic E-state index is -0.160. The zero-order valence-electron chi connectivity index (χ0n) is 9.48. The first-order valence-corrected chi connectivity index (χ1v) is 5.99. The average molecular weight is 221 g/mol. The Morgan fingerprint density at radius 2 is 2.31 bits per heavy atom. The van der Waals surface area contributed by atoms with Crippen LogP contribution in [0.15, 0.2) is 12.5 Å². The van der Waals surface area contributed by atoms with Crippen molar-refractivity contribution in [2.45, 2.75) is 38.5 Å². The highest BCUT2D eigenvalue weighted by Crippen LogP contribution is 2.32. The number of carbonyl (C=O) groups is 1. The molecule has 1 saturated carbocycles. The Bertz CT molecular complexity index is 334. The number of carbonyl (C=O) groups excluding carboxylic acids is 1. The van der Waals surface area contributed by atoms with Gasteiger partial charge in [-0.05, 0) is 31.1 Å². The Hall–Kier alpha value is -1.32. The second kappa shape index (κ2) is 5.14. The van der Waals surface area contributed by atoms with E-state index in [2.05, 4.69) is 9.97 Å². The summed E-state index contributed by atoms with van der Waals surface area (Å²) in [6, 6.07) is 0. The Morgan fingerprint density at radius 3 is 3.00 bits per heavy atom. The second-order valence-electron chi connectivity index (χ2n) is 4.85. The summed E-state index contributed by atoms with van der Waals surface area (Å²) in [6.45, 7) is 0. The number of rotatable bonds is 4. The van der Waals surface area contributed by atoms with Gasteiger partial charge >= 0.3 is 0 Å². The van der Waals surface area contributed by atoms with Crippen LogP contribution in [0.5, 0.6) is 0 Å². The first-order valence-electron chi connectivity index (χ1n) is 5.99. The summed E-state index contributed by atoms with van der Waals surface area (Å²) >= 11 is 0. The molecule has 0 radical (unpaired) electrons. The Morgan fingerprint density at radius 1 is 1.50 bits per heavy atom. The Labute approximate surface area is 95.6 Å². The fraction of sp³-hybridized carbons (Fsp3) is 0.667. The van der Waals surface area contributed by atoms with Gasteiger partial charge in [0.2, 0.25) is 5.91 Å². The summed E-state index contributed by atoms with van der Waals surface area (Å²) in [6.07, 6.45) is 9.97. The molecule has 1 fully saturated rings. The van der Waals surface area contributed by atoms with Crippen LogP contribution in [0.3, 0.4) is 0 Å². The number of aromatic nitrogens is 2. The predicted octanol–water partition coefficient (Wildman–Crippen LogP) is 1.63. The number of nitrogens with two attached hydrogens (primary N) is 1. The number of primary amides is 1. The molecular formula is C12H19N3O. The van der Waals surface area contributed by atoms with Gasteiger partial charge in [0.15, 0.2) is 0 Å². The maximum absolute atomic E-state index is 10.9. The third-order valence-corrected chi connectivity index (χ3v) is 3.44. The van der Waals surface area contributed by atoms with Gasteiger partial charge in [0, 0.05) is 18.3 Å². The fourth-order valence-electron chi connectivity index (χ4n) is 2.76. The molecule has 4 heteroatoms. The van der Waals surface area contributed by atoms with Crippen LogP contribution in [-0.2, 0) is 11.2 Å². The molecule has 1 heterocycles. The van der Waals surface area contributed by atoms with Crippen LogP contribution in [0.1, 0.15) is 37.8 Å². The van der Waals surface area contributed by atoms with Crippen molar-refractivity contribution < 1.29 is 4.79 Å². The van der Waals surface area contributed by atoms with Gasteiger partial charge in [-0.3, -0.25) is 4.79 Å². The van der Waals surface area contributed by atoms with Crippen molar-refractivity contribution in [2.75, 3.05) is 0 Å². The third-order valence-electron chi connectivity index (χ3n) is 3.44. The van der Waals surface area contributed by atoms with Crippen molar-refractivity contribution in [2.24, 2.45) is 17.6 Å². The number of aromatic amines is 1. The maximum Gasteiger partial charge on any atom is 0.217 e. The van der Waals surface area contributed by atoms with Gasteiger partial charge < -0.3 is 10.7 Å². The summed E-state index contributed by atoms with van der Waals surface area (Å²) < 4.78 is 0. The summed E-state index contributed by atoms with van der Waals surface area (Å²) in [5.41, 5.74) is 6.45. The zero-order valence-corrected chi connectivity index (χ0v) is 9.48. The van der Waals surface area contributed by atoms with Gasteiger partial charge in [-0.2, -0.15) is 0 Å². The van der Waals surface area contributed by atoms with E-state index in [-0.39, 0.29) is 5.91 Å². The third kappa shape index (κ3) is 3.08. The van der Waals surface area contributed by atoms with Crippen molar-refractivity contribution in [3.05, 3.63) is 18.2 Å². The monoisotopic (exact) mass is 221 g/mol. The molecule has 2 rings (SSSR count). The van der Waals surface area contributed by atoms with Crippen LogP contribution in [0.2, 0.25) is 0 Å². The first-order chi connectivity index (χ1) is 7.74. The largest absolute Gasteiger partial charge is 0.370 e. The number of hydrogen-bond donors (Lipinski definition) is 2. The number of imidazole rings is 1. The molecule has 2 unspecified atom stereocenters. The van der Waals surface area contributed by atoms with E-state index in [1.165, 1.54) is 18.5 Å². The highest BCUT2D eigenvalue weighted by molar-refractivity contribution is 5.73. The van der Waals surface area contributed by atoms with E-state index < -0.39 is 0 Å². The Kier molecular flexibility index (Phi) is 3.59. The molecule has 1 amide bonds. The van der Waals surface area contributed by atoms with Gasteiger partial charge in [-0.15, -0.1) is 0 Å². The predicted molar refractivity (Wildman–Crippen MR) is 61.6 cm³/mol. The maximum atomic E-state index is 10.9. The quantitative estimate of drug-likeness (QED) is 0.811. The molecule has 2 atom stereocenters. The van der Waals surface area contributed by atoms with E-state index >= 15 is 0 Å². The van der Waals surface area contributed by atoms with E-state index in [9.17, 15) is 4.79 Å². The van der Waals surface area contributed by atoms with E-state index in [4.69, 9.17) is 5.73 Å². The van der Waals surface area contributed by atoms with Crippen LogP contribution >= 0.6 is 0 Å². The van der Waals surface area contributed by atoms with Gasteiger partial charge in [0.05, 0.1) is 6.33 Å². The normalized spacial score (nSPS) is 25.5. The van der Waals surface area contributed by atoms with Crippen molar-refractivity contribution in [3.63, 3.8) is 0 Å². The van der Waals surface area contributed by atoms with Crippen LogP contribution < -0.4 is 5.73 Å². The van der Waals surface area contributed by atoms with Gasteiger partial charge in [-0.1, -0.05) is 12.8 Å². The molecule has 1 aliphatic carbocycles. The number of hydrogen-bond acceptors (Lipinski definition) is 2. The molecule has 0 aromatic carbocycles. The van der Waals surface area contributed by atoms with Gasteiger partial charge in [0.25, 0.3) is 0 Å². The van der Waals surface area contributed by atoms with Crippen molar-refractivity contribution in [3.8, 4) is 0 Å². The average Bonchev–Trinajstić information content (AvgIpc) is 2.70. The van der Waals surface area contributed by atoms with Crippen molar-refractivity contribution in [1.82, 2.24) is 9.97 Å². The van der Waals surface area contributed by atoms with Crippen LogP contribution in [0, 0.1) is 11.8 Å². The summed E-state index contributed by atoms with van der Waals surface area (Å²) in [7, 11) is 0. The van der Waals surface area contributed by atoms with E-state index in [0.717, 1.165) is 19.3 Å². The van der Waals surface area contributed by atoms with Crippen LogP contribution in [0.4, 0.5) is 0 Å². The minimum Gasteiger partial charge on any atom is -0.370 e. The SMILES string of the molecule is NC(=O)CC1CCCC(Cc2cnc[nH]2)C1. The number of nitrogens with one attached hydrogen (secondary N) is 1. The van der Waals surface area contributed by atoms with Crippen molar-refractivity contribution >= 4 is 5.91 Å². The topological polar surface area (TPSA) is 71.8 Å². The lowest BCUT2D eigenvalue weighted by Gasteiger charge is -2.28. The molecule has 1 aromatic heterocycles. The first kappa shape index (κ1) is 11.2. The molecule has 0 bridgehead atoms. The standard InChI is InChI=1S/C12H19N3O/c13-12(16)6-10-3-1-2-9(4-10)5-11-7-14-8-15-11/h7-10H,1-6H2,(H2,13,16)(H,14,15). The lowest BCUT2D eigenvalue weighted by atomic mass is 9.78. The van der Waals surface area contributed by atoms with E-state index in [1.807, 2.05) is 6.20 Å². The number of nitrogens with zero attached hydrogens (tertiary/aromatic N) is 1. The molecule has 16 heavy (non-hydrogen) atoms. The molecule has 4 nitrogen and oxygen atoms in total. The lowest BCUT2D eigenvalue weighted by Crippen LogP contribution is -2.23. The van der Waals surface area contributed by atoms with E-state index in [1.54, 1.807) is 6.33 Å². The Balaban J connectivity index is 1.84. The molecule has 1 aliphatic rings. The molecule has 0 spiro atoms. The second-order valence-corrected chi connectivity index (χ2v) is 4.85. The zero-order chi connectivity index (χ0) is 11.4. The molecule has 0 saturated heterocycles. The summed E-state index contributed by atoms with van der Waals surface area (Å²) in [4.78, 5) is 18.1. The molecule has 3 N–H and O–H groups in total. The highest BCUT2D eigenvalue weighted by atomic mass is 16.1. The minimum absolute atomic E-state index is 0.160. The molecule has 0 aliphatic heterocycles. The summed E-state index contributed by atoms with van der Waals surface area (Å²) in [5, 5.41) is 0. The fourth-order valence-corrected chi connectivity index (χ4v) is 2.76. The molecule has 1 aromatic rings. The number of amides is 1. The van der Waals surface area contributed by atoms with Crippen LogP contribution in [-0.4, -0.2) is 15.9 Å². The number of H-pyrrole nitrogens is 1. The molecular weight excluding hydrogens is 202 g/mol. The van der Waals surface area contributed by atoms with Gasteiger partial charge in [0.1, 0.15) is 0 Å². The summed E-state index contributed by atoms with van der Waals surface area (Å²) in [5.74, 6) is 1.02. The highest BCUT2D eigenvalue weighted by Gasteiger charge is 2.23. The van der Waals surface area contributed by atoms with Crippen molar-refractivity contribution in [1.29, 1.82) is 0 Å². The van der Waals surface area contributed by atoms with Gasteiger partial charge in [-0.25, -0.2) is 4.98 Å².